The van der Waals surface area contributed by atoms with Gasteiger partial charge in [-0.2, -0.15) is 0 Å². The number of rotatable bonds is 3. The fraction of sp³-hybridized carbons (Fsp3) is 0.294. The quantitative estimate of drug-likeness (QED) is 0.676. The minimum atomic E-state index is 0.317. The van der Waals surface area contributed by atoms with Crippen LogP contribution in [0.5, 0.6) is 5.75 Å². The highest BCUT2D eigenvalue weighted by Crippen LogP contribution is 2.36. The van der Waals surface area contributed by atoms with E-state index < -0.39 is 0 Å². The first-order chi connectivity index (χ1) is 10.2. The first-order valence-electron chi connectivity index (χ1n) is 7.06. The van der Waals surface area contributed by atoms with Crippen molar-refractivity contribution in [2.75, 3.05) is 12.4 Å². The van der Waals surface area contributed by atoms with Gasteiger partial charge >= 0.3 is 0 Å². The van der Waals surface area contributed by atoms with Crippen molar-refractivity contribution in [2.24, 2.45) is 0 Å². The van der Waals surface area contributed by atoms with Crippen LogP contribution in [0.4, 0.5) is 5.69 Å². The van der Waals surface area contributed by atoms with Gasteiger partial charge in [0, 0.05) is 3.57 Å². The van der Waals surface area contributed by atoms with Gasteiger partial charge in [0.15, 0.2) is 0 Å². The Morgan fingerprint density at radius 3 is 2.86 bits per heavy atom. The maximum absolute atomic E-state index is 6.34. The van der Waals surface area contributed by atoms with E-state index in [1.807, 2.05) is 12.1 Å². The van der Waals surface area contributed by atoms with Crippen LogP contribution in [0.3, 0.4) is 0 Å². The summed E-state index contributed by atoms with van der Waals surface area (Å²) in [5, 5.41) is 4.37. The Bertz CT molecular complexity index is 659. The number of aryl methyl sites for hydroxylation is 1. The average Bonchev–Trinajstić information content (AvgIpc) is 2.49. The Morgan fingerprint density at radius 1 is 1.24 bits per heavy atom. The molecule has 2 nitrogen and oxygen atoms in total. The van der Waals surface area contributed by atoms with Crippen LogP contribution in [0, 0.1) is 3.57 Å². The van der Waals surface area contributed by atoms with Crippen molar-refractivity contribution in [3.63, 3.8) is 0 Å². The Morgan fingerprint density at radius 2 is 2.10 bits per heavy atom. The van der Waals surface area contributed by atoms with Crippen molar-refractivity contribution in [2.45, 2.75) is 25.3 Å². The van der Waals surface area contributed by atoms with Crippen molar-refractivity contribution < 1.29 is 4.74 Å². The Labute approximate surface area is 144 Å². The van der Waals surface area contributed by atoms with E-state index in [1.54, 1.807) is 7.11 Å². The predicted molar refractivity (Wildman–Crippen MR) is 96.5 cm³/mol. The molecule has 0 heterocycles. The van der Waals surface area contributed by atoms with Crippen LogP contribution in [-0.2, 0) is 6.42 Å². The third-order valence-electron chi connectivity index (χ3n) is 3.93. The minimum absolute atomic E-state index is 0.317. The number of fused-ring (bicyclic) bond motifs is 1. The predicted octanol–water partition coefficient (Wildman–Crippen LogP) is 5.44. The molecule has 0 radical (unpaired) electrons. The molecule has 0 saturated heterocycles. The second kappa shape index (κ2) is 6.44. The molecule has 1 N–H and O–H groups in total. The zero-order chi connectivity index (χ0) is 14.8. The van der Waals surface area contributed by atoms with Gasteiger partial charge in [-0.25, -0.2) is 0 Å². The average molecular weight is 414 g/mol. The van der Waals surface area contributed by atoms with Gasteiger partial charge in [-0.3, -0.25) is 0 Å². The first kappa shape index (κ1) is 15.0. The van der Waals surface area contributed by atoms with Crippen molar-refractivity contribution in [3.05, 3.63) is 56.1 Å². The zero-order valence-electron chi connectivity index (χ0n) is 11.8. The third-order valence-corrected chi connectivity index (χ3v) is 4.91. The number of halogens is 2. The number of hydrogen-bond acceptors (Lipinski definition) is 2. The number of benzene rings is 2. The molecule has 0 aliphatic heterocycles. The molecule has 2 aromatic carbocycles. The lowest BCUT2D eigenvalue weighted by Gasteiger charge is -2.28. The summed E-state index contributed by atoms with van der Waals surface area (Å²) in [5.41, 5.74) is 3.74. The number of methoxy groups -OCH3 is 1. The highest BCUT2D eigenvalue weighted by atomic mass is 127. The second-order valence-corrected chi connectivity index (χ2v) is 6.93. The lowest BCUT2D eigenvalue weighted by Crippen LogP contribution is -2.17. The van der Waals surface area contributed by atoms with E-state index in [1.165, 1.54) is 17.5 Å². The highest BCUT2D eigenvalue weighted by Gasteiger charge is 2.21. The van der Waals surface area contributed by atoms with Crippen molar-refractivity contribution >= 4 is 39.9 Å². The van der Waals surface area contributed by atoms with Gasteiger partial charge in [-0.05, 0) is 83.3 Å². The van der Waals surface area contributed by atoms with Crippen LogP contribution in [0.15, 0.2) is 36.4 Å². The summed E-state index contributed by atoms with van der Waals surface area (Å²) in [6.07, 6.45) is 3.42. The molecule has 0 amide bonds. The normalized spacial score (nSPS) is 17.2. The Balaban J connectivity index is 1.88. The van der Waals surface area contributed by atoms with E-state index >= 15 is 0 Å². The Hall–Kier alpha value is -0.940. The summed E-state index contributed by atoms with van der Waals surface area (Å²) in [5.74, 6) is 0.932. The van der Waals surface area contributed by atoms with Crippen LogP contribution in [0.25, 0.3) is 0 Å². The SMILES string of the molecule is COc1ccc2c(c1)CCCC2Nc1ccc(I)cc1Cl. The smallest absolute Gasteiger partial charge is 0.119 e. The molecule has 0 saturated carbocycles. The molecule has 3 rings (SSSR count). The molecular weight excluding hydrogens is 397 g/mol. The zero-order valence-corrected chi connectivity index (χ0v) is 14.7. The molecule has 2 aromatic rings. The van der Waals surface area contributed by atoms with Crippen LogP contribution >= 0.6 is 34.2 Å². The van der Waals surface area contributed by atoms with E-state index in [4.69, 9.17) is 16.3 Å². The van der Waals surface area contributed by atoms with Crippen molar-refractivity contribution in [1.29, 1.82) is 0 Å². The van der Waals surface area contributed by atoms with Crippen molar-refractivity contribution in [3.8, 4) is 5.75 Å². The molecule has 1 aliphatic carbocycles. The maximum atomic E-state index is 6.34. The molecule has 1 atom stereocenters. The van der Waals surface area contributed by atoms with E-state index in [2.05, 4.69) is 52.2 Å². The van der Waals surface area contributed by atoms with Gasteiger partial charge in [-0.1, -0.05) is 17.7 Å². The number of anilines is 1. The topological polar surface area (TPSA) is 21.3 Å². The van der Waals surface area contributed by atoms with Crippen LogP contribution in [0.2, 0.25) is 5.02 Å². The molecule has 4 heteroatoms. The fourth-order valence-corrected chi connectivity index (χ4v) is 3.77. The highest BCUT2D eigenvalue weighted by molar-refractivity contribution is 14.1. The summed E-state index contributed by atoms with van der Waals surface area (Å²) in [7, 11) is 1.71. The van der Waals surface area contributed by atoms with Gasteiger partial charge in [0.1, 0.15) is 5.75 Å². The van der Waals surface area contributed by atoms with Crippen LogP contribution < -0.4 is 10.1 Å². The van der Waals surface area contributed by atoms with Gasteiger partial charge in [0.05, 0.1) is 23.9 Å². The lowest BCUT2D eigenvalue weighted by molar-refractivity contribution is 0.413. The van der Waals surface area contributed by atoms with E-state index in [0.717, 1.165) is 32.9 Å². The number of ether oxygens (including phenoxy) is 1. The van der Waals surface area contributed by atoms with E-state index in [-0.39, 0.29) is 0 Å². The Kier molecular flexibility index (Phi) is 4.60. The molecular formula is C17H17ClINO. The summed E-state index contributed by atoms with van der Waals surface area (Å²) in [4.78, 5) is 0. The summed E-state index contributed by atoms with van der Waals surface area (Å²) in [6.45, 7) is 0. The van der Waals surface area contributed by atoms with Gasteiger partial charge in [-0.15, -0.1) is 0 Å². The summed E-state index contributed by atoms with van der Waals surface area (Å²) in [6, 6.07) is 12.8. The van der Waals surface area contributed by atoms with Crippen LogP contribution in [0.1, 0.15) is 30.0 Å². The van der Waals surface area contributed by atoms with Crippen LogP contribution in [-0.4, -0.2) is 7.11 Å². The molecule has 1 aliphatic rings. The summed E-state index contributed by atoms with van der Waals surface area (Å²) >= 11 is 8.61. The number of hydrogen-bond donors (Lipinski definition) is 1. The maximum Gasteiger partial charge on any atom is 0.119 e. The molecule has 0 bridgehead atoms. The van der Waals surface area contributed by atoms with E-state index in [0.29, 0.717) is 6.04 Å². The number of nitrogens with one attached hydrogen (secondary N) is 1. The van der Waals surface area contributed by atoms with Gasteiger partial charge in [0.2, 0.25) is 0 Å². The largest absolute Gasteiger partial charge is 0.497 e. The minimum Gasteiger partial charge on any atom is -0.497 e. The fourth-order valence-electron chi connectivity index (χ4n) is 2.86. The molecule has 110 valence electrons. The molecule has 0 spiro atoms. The molecule has 21 heavy (non-hydrogen) atoms. The molecule has 0 aromatic heterocycles. The van der Waals surface area contributed by atoms with Crippen molar-refractivity contribution in [1.82, 2.24) is 0 Å². The standard InChI is InChI=1S/C17H17ClINO/c1-21-13-6-7-14-11(9-13)3-2-4-16(14)20-17-8-5-12(19)10-15(17)18/h5-10,16,20H,2-4H2,1H3. The third kappa shape index (κ3) is 3.29. The molecule has 0 fully saturated rings. The van der Waals surface area contributed by atoms with E-state index in [9.17, 15) is 0 Å². The first-order valence-corrected chi connectivity index (χ1v) is 8.51. The second-order valence-electron chi connectivity index (χ2n) is 5.28. The summed E-state index contributed by atoms with van der Waals surface area (Å²) < 4.78 is 6.47. The molecule has 1 unspecified atom stereocenters. The lowest BCUT2D eigenvalue weighted by atomic mass is 9.87. The van der Waals surface area contributed by atoms with Gasteiger partial charge in [0.25, 0.3) is 0 Å². The van der Waals surface area contributed by atoms with Gasteiger partial charge < -0.3 is 10.1 Å². The monoisotopic (exact) mass is 413 g/mol.